The molecule has 0 fully saturated rings. The van der Waals surface area contributed by atoms with Gasteiger partial charge in [0.15, 0.2) is 0 Å². The Labute approximate surface area is 146 Å². The fraction of sp³-hybridized carbons (Fsp3) is 0.286. The van der Waals surface area contributed by atoms with Gasteiger partial charge in [-0.15, -0.1) is 0 Å². The van der Waals surface area contributed by atoms with E-state index in [1.165, 1.54) is 11.3 Å². The van der Waals surface area contributed by atoms with E-state index in [1.54, 1.807) is 19.2 Å². The van der Waals surface area contributed by atoms with Crippen LogP contribution in [0.3, 0.4) is 0 Å². The van der Waals surface area contributed by atoms with Gasteiger partial charge in [-0.2, -0.15) is 0 Å². The minimum Gasteiger partial charge on any atom is -0.497 e. The quantitative estimate of drug-likeness (QED) is 0.675. The predicted molar refractivity (Wildman–Crippen MR) is 99.4 cm³/mol. The van der Waals surface area contributed by atoms with Crippen LogP contribution >= 0.6 is 0 Å². The molecule has 0 N–H and O–H groups in total. The first-order valence-corrected chi connectivity index (χ1v) is 8.61. The van der Waals surface area contributed by atoms with Crippen molar-refractivity contribution in [3.8, 4) is 5.75 Å². The Morgan fingerprint density at radius 3 is 2.88 bits per heavy atom. The maximum Gasteiger partial charge on any atom is 0.336 e. The lowest BCUT2D eigenvalue weighted by Gasteiger charge is -2.37. The summed E-state index contributed by atoms with van der Waals surface area (Å²) in [5.41, 5.74) is 3.86. The van der Waals surface area contributed by atoms with Gasteiger partial charge in [-0.3, -0.25) is 0 Å². The topological polar surface area (TPSA) is 42.7 Å². The maximum absolute atomic E-state index is 12.0. The van der Waals surface area contributed by atoms with Crippen molar-refractivity contribution < 1.29 is 9.15 Å². The second kappa shape index (κ2) is 6.28. The van der Waals surface area contributed by atoms with Crippen LogP contribution < -0.4 is 15.3 Å². The Kier molecular flexibility index (Phi) is 3.96. The molecular weight excluding hydrogens is 314 g/mol. The molecule has 1 aromatic heterocycles. The largest absolute Gasteiger partial charge is 0.497 e. The highest BCUT2D eigenvalue weighted by Crippen LogP contribution is 2.33. The molecule has 0 radical (unpaired) electrons. The van der Waals surface area contributed by atoms with Crippen molar-refractivity contribution in [3.63, 3.8) is 0 Å². The summed E-state index contributed by atoms with van der Waals surface area (Å²) in [6, 6.07) is 16.2. The van der Waals surface area contributed by atoms with Crippen LogP contribution in [0.15, 0.2) is 57.7 Å². The van der Waals surface area contributed by atoms with Gasteiger partial charge < -0.3 is 14.1 Å². The standard InChI is InChI=1S/C21H21NO3/c1-14-7-8-15-5-3-4-6-19(15)22(14)13-16-11-21(23)25-20-12-17(24-2)9-10-18(16)20/h3-6,9-12,14H,7-8,13H2,1-2H3/t14-/m1/s1. The molecule has 2 heterocycles. The summed E-state index contributed by atoms with van der Waals surface area (Å²) in [6.45, 7) is 2.93. The van der Waals surface area contributed by atoms with E-state index in [9.17, 15) is 4.79 Å². The minimum atomic E-state index is -0.325. The third-order valence-electron chi connectivity index (χ3n) is 5.04. The Hall–Kier alpha value is -2.75. The van der Waals surface area contributed by atoms with Crippen LogP contribution in [0.25, 0.3) is 11.0 Å². The van der Waals surface area contributed by atoms with Gasteiger partial charge in [0.25, 0.3) is 0 Å². The first-order valence-electron chi connectivity index (χ1n) is 8.61. The number of benzene rings is 2. The summed E-state index contributed by atoms with van der Waals surface area (Å²) in [5, 5.41) is 0.954. The molecule has 2 aromatic carbocycles. The number of para-hydroxylation sites is 1. The molecule has 4 heteroatoms. The number of nitrogens with zero attached hydrogens (tertiary/aromatic N) is 1. The molecule has 0 saturated heterocycles. The summed E-state index contributed by atoms with van der Waals surface area (Å²) in [5.74, 6) is 0.685. The molecular formula is C21H21NO3. The number of methoxy groups -OCH3 is 1. The predicted octanol–water partition coefficient (Wildman–Crippen LogP) is 4.14. The van der Waals surface area contributed by atoms with Gasteiger partial charge >= 0.3 is 5.63 Å². The molecule has 3 aromatic rings. The molecule has 0 spiro atoms. The van der Waals surface area contributed by atoms with Crippen molar-refractivity contribution in [2.24, 2.45) is 0 Å². The molecule has 0 aliphatic carbocycles. The zero-order chi connectivity index (χ0) is 17.4. The Balaban J connectivity index is 1.79. The fourth-order valence-electron chi connectivity index (χ4n) is 3.65. The lowest BCUT2D eigenvalue weighted by Crippen LogP contribution is -2.36. The number of aryl methyl sites for hydroxylation is 1. The molecule has 0 bridgehead atoms. The monoisotopic (exact) mass is 335 g/mol. The lowest BCUT2D eigenvalue weighted by atomic mass is 9.95. The molecule has 25 heavy (non-hydrogen) atoms. The van der Waals surface area contributed by atoms with Crippen LogP contribution in [0.1, 0.15) is 24.5 Å². The van der Waals surface area contributed by atoms with E-state index in [-0.39, 0.29) is 5.63 Å². The Bertz CT molecular complexity index is 976. The number of anilines is 1. The normalized spacial score (nSPS) is 16.7. The Morgan fingerprint density at radius 1 is 1.20 bits per heavy atom. The fourth-order valence-corrected chi connectivity index (χ4v) is 3.65. The third kappa shape index (κ3) is 2.88. The number of ether oxygens (including phenoxy) is 1. The highest BCUT2D eigenvalue weighted by molar-refractivity contribution is 5.82. The van der Waals surface area contributed by atoms with Gasteiger partial charge in [-0.05, 0) is 49.1 Å². The van der Waals surface area contributed by atoms with Gasteiger partial charge in [-0.25, -0.2) is 4.79 Å². The summed E-state index contributed by atoms with van der Waals surface area (Å²) < 4.78 is 10.6. The summed E-state index contributed by atoms with van der Waals surface area (Å²) in [4.78, 5) is 14.4. The molecule has 1 aliphatic heterocycles. The zero-order valence-corrected chi connectivity index (χ0v) is 14.5. The minimum absolute atomic E-state index is 0.325. The van der Waals surface area contributed by atoms with Crippen LogP contribution in [0.5, 0.6) is 5.75 Å². The van der Waals surface area contributed by atoms with E-state index in [1.807, 2.05) is 12.1 Å². The van der Waals surface area contributed by atoms with Crippen molar-refractivity contribution in [3.05, 3.63) is 70.1 Å². The van der Waals surface area contributed by atoms with E-state index >= 15 is 0 Å². The second-order valence-electron chi connectivity index (χ2n) is 6.60. The van der Waals surface area contributed by atoms with E-state index in [0.717, 1.165) is 23.8 Å². The second-order valence-corrected chi connectivity index (χ2v) is 6.60. The number of hydrogen-bond acceptors (Lipinski definition) is 4. The van der Waals surface area contributed by atoms with Crippen molar-refractivity contribution in [2.45, 2.75) is 32.4 Å². The van der Waals surface area contributed by atoms with Crippen LogP contribution in [0.4, 0.5) is 5.69 Å². The molecule has 1 atom stereocenters. The van der Waals surface area contributed by atoms with Gasteiger partial charge in [0.2, 0.25) is 0 Å². The molecule has 1 aliphatic rings. The van der Waals surface area contributed by atoms with Crippen LogP contribution in [0, 0.1) is 0 Å². The zero-order valence-electron chi connectivity index (χ0n) is 14.5. The first-order chi connectivity index (χ1) is 12.2. The van der Waals surface area contributed by atoms with Gasteiger partial charge in [-0.1, -0.05) is 18.2 Å². The third-order valence-corrected chi connectivity index (χ3v) is 5.04. The van der Waals surface area contributed by atoms with Gasteiger partial charge in [0, 0.05) is 35.8 Å². The highest BCUT2D eigenvalue weighted by Gasteiger charge is 2.23. The van der Waals surface area contributed by atoms with Crippen LogP contribution in [-0.2, 0) is 13.0 Å². The van der Waals surface area contributed by atoms with Crippen molar-refractivity contribution in [1.82, 2.24) is 0 Å². The van der Waals surface area contributed by atoms with Crippen LogP contribution in [0.2, 0.25) is 0 Å². The first kappa shape index (κ1) is 15.8. The summed E-state index contributed by atoms with van der Waals surface area (Å²) in [6.07, 6.45) is 2.22. The SMILES string of the molecule is COc1ccc2c(CN3c4ccccc4CC[C@H]3C)cc(=O)oc2c1. The molecule has 0 amide bonds. The van der Waals surface area contributed by atoms with E-state index < -0.39 is 0 Å². The smallest absolute Gasteiger partial charge is 0.336 e. The molecule has 4 nitrogen and oxygen atoms in total. The lowest BCUT2D eigenvalue weighted by molar-refractivity contribution is 0.414. The van der Waals surface area contributed by atoms with E-state index in [4.69, 9.17) is 9.15 Å². The molecule has 4 rings (SSSR count). The summed E-state index contributed by atoms with van der Waals surface area (Å²) >= 11 is 0. The number of rotatable bonds is 3. The molecule has 0 unspecified atom stereocenters. The Morgan fingerprint density at radius 2 is 2.04 bits per heavy atom. The number of fused-ring (bicyclic) bond motifs is 2. The van der Waals surface area contributed by atoms with Gasteiger partial charge in [0.05, 0.1) is 7.11 Å². The summed E-state index contributed by atoms with van der Waals surface area (Å²) in [7, 11) is 1.61. The highest BCUT2D eigenvalue weighted by atomic mass is 16.5. The van der Waals surface area contributed by atoms with Crippen molar-refractivity contribution in [2.75, 3.05) is 12.0 Å². The molecule has 128 valence electrons. The average Bonchev–Trinajstić information content (AvgIpc) is 2.63. The van der Waals surface area contributed by atoms with Gasteiger partial charge in [0.1, 0.15) is 11.3 Å². The number of hydrogen-bond donors (Lipinski definition) is 0. The van der Waals surface area contributed by atoms with Crippen molar-refractivity contribution >= 4 is 16.7 Å². The maximum atomic E-state index is 12.0. The molecule has 0 saturated carbocycles. The van der Waals surface area contributed by atoms with E-state index in [2.05, 4.69) is 36.1 Å². The van der Waals surface area contributed by atoms with Crippen molar-refractivity contribution in [1.29, 1.82) is 0 Å². The van der Waals surface area contributed by atoms with Crippen LogP contribution in [-0.4, -0.2) is 13.2 Å². The van der Waals surface area contributed by atoms with E-state index in [0.29, 0.717) is 23.9 Å². The average molecular weight is 335 g/mol.